The highest BCUT2D eigenvalue weighted by molar-refractivity contribution is 5.82. The molecule has 0 bridgehead atoms. The van der Waals surface area contributed by atoms with Crippen molar-refractivity contribution in [2.45, 2.75) is 51.6 Å². The van der Waals surface area contributed by atoms with E-state index < -0.39 is 12.0 Å². The summed E-state index contributed by atoms with van der Waals surface area (Å²) in [5, 5.41) is 8.79. The molecule has 1 aliphatic rings. The molecule has 0 aromatic carbocycles. The number of hydrogen-bond acceptors (Lipinski definition) is 3. The minimum Gasteiger partial charge on any atom is -0.481 e. The van der Waals surface area contributed by atoms with Gasteiger partial charge >= 0.3 is 5.97 Å². The maximum Gasteiger partial charge on any atom is 0.305 e. The topological polar surface area (TPSA) is 83.6 Å². The second-order valence-electron chi connectivity index (χ2n) is 5.16. The third kappa shape index (κ3) is 4.00. The van der Waals surface area contributed by atoms with Crippen molar-refractivity contribution in [1.82, 2.24) is 4.90 Å². The van der Waals surface area contributed by atoms with Crippen LogP contribution in [0.15, 0.2) is 0 Å². The minimum absolute atomic E-state index is 0.0279. The molecule has 1 heterocycles. The summed E-state index contributed by atoms with van der Waals surface area (Å²) in [4.78, 5) is 24.4. The molecule has 0 radical (unpaired) electrons. The summed E-state index contributed by atoms with van der Waals surface area (Å²) in [5.74, 6) is -0.580. The van der Waals surface area contributed by atoms with Gasteiger partial charge in [0.25, 0.3) is 0 Å². The average Bonchev–Trinajstić information content (AvgIpc) is 2.62. The summed E-state index contributed by atoms with van der Waals surface area (Å²) < 4.78 is 0. The van der Waals surface area contributed by atoms with Crippen molar-refractivity contribution < 1.29 is 14.7 Å². The van der Waals surface area contributed by atoms with E-state index in [0.717, 1.165) is 12.8 Å². The Kier molecular flexibility index (Phi) is 4.93. The van der Waals surface area contributed by atoms with Gasteiger partial charge in [-0.1, -0.05) is 13.8 Å². The molecule has 0 aromatic rings. The summed E-state index contributed by atoms with van der Waals surface area (Å²) in [6, 6.07) is -0.664. The van der Waals surface area contributed by atoms with E-state index in [9.17, 15) is 9.59 Å². The number of carbonyl (C=O) groups is 2. The molecule has 98 valence electrons. The monoisotopic (exact) mass is 242 g/mol. The van der Waals surface area contributed by atoms with Crippen molar-refractivity contribution in [3.8, 4) is 0 Å². The molecule has 5 heteroatoms. The molecular formula is C12H22N2O3. The van der Waals surface area contributed by atoms with E-state index in [4.69, 9.17) is 10.8 Å². The number of nitrogens with zero attached hydrogens (tertiary/aromatic N) is 1. The minimum atomic E-state index is -0.855. The Morgan fingerprint density at radius 3 is 2.65 bits per heavy atom. The Morgan fingerprint density at radius 2 is 2.12 bits per heavy atom. The van der Waals surface area contributed by atoms with Gasteiger partial charge in [-0.2, -0.15) is 0 Å². The van der Waals surface area contributed by atoms with Gasteiger partial charge in [-0.15, -0.1) is 0 Å². The van der Waals surface area contributed by atoms with Crippen LogP contribution in [0.1, 0.15) is 39.5 Å². The van der Waals surface area contributed by atoms with Gasteiger partial charge in [-0.05, 0) is 25.2 Å². The number of rotatable bonds is 5. The van der Waals surface area contributed by atoms with Crippen LogP contribution in [0.2, 0.25) is 0 Å². The standard InChI is InChI=1S/C12H22N2O3/c1-8(2)6-10(13)12(17)14-5-3-4-9(14)7-11(15)16/h8-10H,3-7,13H2,1-2H3,(H,15,16). The molecule has 1 aliphatic heterocycles. The van der Waals surface area contributed by atoms with E-state index in [-0.39, 0.29) is 18.4 Å². The highest BCUT2D eigenvalue weighted by Gasteiger charge is 2.32. The molecule has 2 atom stereocenters. The first-order valence-electron chi connectivity index (χ1n) is 6.19. The zero-order valence-electron chi connectivity index (χ0n) is 10.6. The first kappa shape index (κ1) is 14.0. The first-order valence-corrected chi connectivity index (χ1v) is 6.19. The Hall–Kier alpha value is -1.10. The van der Waals surface area contributed by atoms with Crippen molar-refractivity contribution in [2.24, 2.45) is 11.7 Å². The molecule has 1 fully saturated rings. The SMILES string of the molecule is CC(C)CC(N)C(=O)N1CCCC1CC(=O)O. The number of carboxylic acids is 1. The molecule has 5 nitrogen and oxygen atoms in total. The Bertz CT molecular complexity index is 291. The van der Waals surface area contributed by atoms with Gasteiger partial charge in [-0.3, -0.25) is 9.59 Å². The van der Waals surface area contributed by atoms with Gasteiger partial charge in [0, 0.05) is 12.6 Å². The van der Waals surface area contributed by atoms with Crippen LogP contribution in [-0.2, 0) is 9.59 Å². The molecule has 17 heavy (non-hydrogen) atoms. The van der Waals surface area contributed by atoms with Gasteiger partial charge in [0.1, 0.15) is 0 Å². The average molecular weight is 242 g/mol. The van der Waals surface area contributed by atoms with Crippen molar-refractivity contribution in [1.29, 1.82) is 0 Å². The van der Waals surface area contributed by atoms with Crippen LogP contribution in [-0.4, -0.2) is 40.5 Å². The summed E-state index contributed by atoms with van der Waals surface area (Å²) in [7, 11) is 0. The lowest BCUT2D eigenvalue weighted by atomic mass is 10.0. The number of nitrogens with two attached hydrogens (primary N) is 1. The molecule has 1 amide bonds. The molecule has 1 saturated heterocycles. The number of hydrogen-bond donors (Lipinski definition) is 2. The van der Waals surface area contributed by atoms with Crippen LogP contribution >= 0.6 is 0 Å². The third-order valence-electron chi connectivity index (χ3n) is 3.11. The molecule has 0 aromatic heterocycles. The zero-order chi connectivity index (χ0) is 13.0. The van der Waals surface area contributed by atoms with Crippen molar-refractivity contribution in [3.63, 3.8) is 0 Å². The molecular weight excluding hydrogens is 220 g/mol. The highest BCUT2D eigenvalue weighted by Crippen LogP contribution is 2.21. The lowest BCUT2D eigenvalue weighted by Gasteiger charge is -2.27. The molecule has 0 saturated carbocycles. The summed E-state index contributed by atoms with van der Waals surface area (Å²) >= 11 is 0. The molecule has 0 aliphatic carbocycles. The fourth-order valence-electron chi connectivity index (χ4n) is 2.36. The second kappa shape index (κ2) is 6.00. The highest BCUT2D eigenvalue weighted by atomic mass is 16.4. The van der Waals surface area contributed by atoms with Crippen LogP contribution in [0, 0.1) is 5.92 Å². The largest absolute Gasteiger partial charge is 0.481 e. The Balaban J connectivity index is 2.57. The van der Waals surface area contributed by atoms with E-state index in [1.165, 1.54) is 0 Å². The molecule has 2 unspecified atom stereocenters. The van der Waals surface area contributed by atoms with Crippen LogP contribution in [0.25, 0.3) is 0 Å². The van der Waals surface area contributed by atoms with E-state index in [2.05, 4.69) is 0 Å². The van der Waals surface area contributed by atoms with Gasteiger partial charge < -0.3 is 15.7 Å². The lowest BCUT2D eigenvalue weighted by molar-refractivity contribution is -0.140. The van der Waals surface area contributed by atoms with Gasteiger partial charge in [-0.25, -0.2) is 0 Å². The summed E-state index contributed by atoms with van der Waals surface area (Å²) in [6.07, 6.45) is 2.32. The van der Waals surface area contributed by atoms with Gasteiger partial charge in [0.05, 0.1) is 12.5 Å². The molecule has 1 rings (SSSR count). The first-order chi connectivity index (χ1) is 7.91. The van der Waals surface area contributed by atoms with E-state index in [1.807, 2.05) is 13.8 Å². The van der Waals surface area contributed by atoms with E-state index in [0.29, 0.717) is 18.9 Å². The number of carboxylic acid groups (broad SMARTS) is 1. The third-order valence-corrected chi connectivity index (χ3v) is 3.11. The van der Waals surface area contributed by atoms with Crippen LogP contribution in [0.4, 0.5) is 0 Å². The van der Waals surface area contributed by atoms with Crippen LogP contribution < -0.4 is 5.73 Å². The van der Waals surface area contributed by atoms with Gasteiger partial charge in [0.15, 0.2) is 0 Å². The zero-order valence-corrected chi connectivity index (χ0v) is 10.6. The van der Waals surface area contributed by atoms with Crippen LogP contribution in [0.5, 0.6) is 0 Å². The number of carbonyl (C=O) groups excluding carboxylic acids is 1. The molecule has 0 spiro atoms. The maximum atomic E-state index is 12.1. The predicted molar refractivity (Wildman–Crippen MR) is 64.4 cm³/mol. The van der Waals surface area contributed by atoms with Crippen LogP contribution in [0.3, 0.4) is 0 Å². The maximum absolute atomic E-state index is 12.1. The number of amides is 1. The van der Waals surface area contributed by atoms with Crippen molar-refractivity contribution >= 4 is 11.9 Å². The van der Waals surface area contributed by atoms with Crippen molar-refractivity contribution in [2.75, 3.05) is 6.54 Å². The quantitative estimate of drug-likeness (QED) is 0.747. The number of aliphatic carboxylic acids is 1. The summed E-state index contributed by atoms with van der Waals surface area (Å²) in [5.41, 5.74) is 5.85. The fourth-order valence-corrected chi connectivity index (χ4v) is 2.36. The lowest BCUT2D eigenvalue weighted by Crippen LogP contribution is -2.47. The smallest absolute Gasteiger partial charge is 0.305 e. The number of likely N-dealkylation sites (tertiary alicyclic amines) is 1. The van der Waals surface area contributed by atoms with Crippen molar-refractivity contribution in [3.05, 3.63) is 0 Å². The molecule has 3 N–H and O–H groups in total. The summed E-state index contributed by atoms with van der Waals surface area (Å²) in [6.45, 7) is 4.68. The second-order valence-corrected chi connectivity index (χ2v) is 5.16. The predicted octanol–water partition coefficient (Wildman–Crippen LogP) is 0.825. The van der Waals surface area contributed by atoms with E-state index in [1.54, 1.807) is 4.90 Å². The Morgan fingerprint density at radius 1 is 1.47 bits per heavy atom. The fraction of sp³-hybridized carbons (Fsp3) is 0.833. The normalized spacial score (nSPS) is 21.9. The Labute approximate surface area is 102 Å². The van der Waals surface area contributed by atoms with E-state index >= 15 is 0 Å². The van der Waals surface area contributed by atoms with Gasteiger partial charge in [0.2, 0.25) is 5.91 Å².